The predicted molar refractivity (Wildman–Crippen MR) is 105 cm³/mol. The van der Waals surface area contributed by atoms with Crippen molar-refractivity contribution >= 4 is 17.7 Å². The summed E-state index contributed by atoms with van der Waals surface area (Å²) < 4.78 is 1.99. The first kappa shape index (κ1) is 18.2. The van der Waals surface area contributed by atoms with Crippen molar-refractivity contribution in [3.8, 4) is 5.69 Å². The van der Waals surface area contributed by atoms with Gasteiger partial charge in [0.1, 0.15) is 5.82 Å². The topological polar surface area (TPSA) is 59.8 Å². The second-order valence-corrected chi connectivity index (χ2v) is 7.08. The lowest BCUT2D eigenvalue weighted by Crippen LogP contribution is -2.28. The molecule has 1 N–H and O–H groups in total. The molecule has 1 unspecified atom stereocenters. The normalized spacial score (nSPS) is 12.0. The Labute approximate surface area is 157 Å². The lowest BCUT2D eigenvalue weighted by Gasteiger charge is -2.14. The molecule has 2 aromatic carbocycles. The molecule has 3 rings (SSSR count). The van der Waals surface area contributed by atoms with E-state index in [4.69, 9.17) is 0 Å². The number of thioether (sulfide) groups is 1. The van der Waals surface area contributed by atoms with Gasteiger partial charge in [-0.25, -0.2) is 0 Å². The van der Waals surface area contributed by atoms with Crippen LogP contribution in [-0.4, -0.2) is 26.4 Å². The van der Waals surface area contributed by atoms with Gasteiger partial charge in [-0.3, -0.25) is 9.36 Å². The van der Waals surface area contributed by atoms with E-state index in [1.165, 1.54) is 11.8 Å². The molecular weight excluding hydrogens is 344 g/mol. The number of hydrogen-bond donors (Lipinski definition) is 1. The quantitative estimate of drug-likeness (QED) is 0.673. The lowest BCUT2D eigenvalue weighted by molar-refractivity contribution is -0.119. The van der Waals surface area contributed by atoms with E-state index in [1.54, 1.807) is 0 Å². The van der Waals surface area contributed by atoms with Crippen molar-refractivity contribution in [2.75, 3.05) is 5.75 Å². The molecule has 0 aliphatic heterocycles. The number of benzene rings is 2. The average Bonchev–Trinajstić information content (AvgIpc) is 3.01. The van der Waals surface area contributed by atoms with Crippen LogP contribution in [0.3, 0.4) is 0 Å². The highest BCUT2D eigenvalue weighted by Gasteiger charge is 2.15. The van der Waals surface area contributed by atoms with E-state index < -0.39 is 0 Å². The van der Waals surface area contributed by atoms with Crippen LogP contribution >= 0.6 is 11.8 Å². The first-order chi connectivity index (χ1) is 12.6. The number of nitrogens with one attached hydrogen (secondary N) is 1. The molecular formula is C20H22N4OS. The first-order valence-corrected chi connectivity index (χ1v) is 9.50. The van der Waals surface area contributed by atoms with Gasteiger partial charge in [0.15, 0.2) is 5.16 Å². The molecule has 0 bridgehead atoms. The molecule has 1 heterocycles. The van der Waals surface area contributed by atoms with Crippen molar-refractivity contribution in [3.05, 3.63) is 71.5 Å². The third-order valence-electron chi connectivity index (χ3n) is 4.16. The molecule has 3 aromatic rings. The molecule has 1 atom stereocenters. The SMILES string of the molecule is Cc1ccccc1-n1c(C)nnc1SCC(=O)NC(C)c1ccccc1. The highest BCUT2D eigenvalue weighted by atomic mass is 32.2. The highest BCUT2D eigenvalue weighted by molar-refractivity contribution is 7.99. The van der Waals surface area contributed by atoms with Crippen LogP contribution in [0.25, 0.3) is 5.69 Å². The minimum atomic E-state index is -0.0275. The minimum absolute atomic E-state index is 0.0247. The average molecular weight is 366 g/mol. The molecule has 0 fully saturated rings. The largest absolute Gasteiger partial charge is 0.349 e. The Hall–Kier alpha value is -2.60. The number of aryl methyl sites for hydroxylation is 2. The Morgan fingerprint density at radius 3 is 2.50 bits per heavy atom. The first-order valence-electron chi connectivity index (χ1n) is 8.51. The van der Waals surface area contributed by atoms with Crippen LogP contribution < -0.4 is 5.32 Å². The van der Waals surface area contributed by atoms with E-state index in [-0.39, 0.29) is 11.9 Å². The van der Waals surface area contributed by atoms with Crippen molar-refractivity contribution in [2.24, 2.45) is 0 Å². The zero-order chi connectivity index (χ0) is 18.5. The van der Waals surface area contributed by atoms with Crippen LogP contribution in [0.1, 0.15) is 29.9 Å². The molecule has 5 nitrogen and oxygen atoms in total. The molecule has 134 valence electrons. The van der Waals surface area contributed by atoms with Crippen molar-refractivity contribution in [1.29, 1.82) is 0 Å². The Morgan fingerprint density at radius 2 is 1.77 bits per heavy atom. The standard InChI is InChI=1S/C20H22N4OS/c1-14-9-7-8-12-18(14)24-16(3)22-23-20(24)26-13-19(25)21-15(2)17-10-5-4-6-11-17/h4-12,15H,13H2,1-3H3,(H,21,25). The smallest absolute Gasteiger partial charge is 0.230 e. The maximum atomic E-state index is 12.3. The Morgan fingerprint density at radius 1 is 1.08 bits per heavy atom. The van der Waals surface area contributed by atoms with Gasteiger partial charge < -0.3 is 5.32 Å². The van der Waals surface area contributed by atoms with Gasteiger partial charge in [-0.15, -0.1) is 10.2 Å². The molecule has 0 aliphatic rings. The molecule has 0 aliphatic carbocycles. The number of aromatic nitrogens is 3. The second-order valence-electron chi connectivity index (χ2n) is 6.14. The number of para-hydroxylation sites is 1. The van der Waals surface area contributed by atoms with Gasteiger partial charge in [-0.1, -0.05) is 60.3 Å². The van der Waals surface area contributed by atoms with Crippen molar-refractivity contribution in [3.63, 3.8) is 0 Å². The van der Waals surface area contributed by atoms with Crippen LogP contribution in [0.2, 0.25) is 0 Å². The van der Waals surface area contributed by atoms with E-state index in [1.807, 2.05) is 66.9 Å². The summed E-state index contributed by atoms with van der Waals surface area (Å²) in [6.07, 6.45) is 0. The maximum Gasteiger partial charge on any atom is 0.230 e. The number of nitrogens with zero attached hydrogens (tertiary/aromatic N) is 3. The molecule has 26 heavy (non-hydrogen) atoms. The molecule has 0 spiro atoms. The monoisotopic (exact) mass is 366 g/mol. The van der Waals surface area contributed by atoms with Gasteiger partial charge in [-0.05, 0) is 38.0 Å². The predicted octanol–water partition coefficient (Wildman–Crippen LogP) is 3.85. The summed E-state index contributed by atoms with van der Waals surface area (Å²) in [5, 5.41) is 12.2. The van der Waals surface area contributed by atoms with Crippen LogP contribution in [-0.2, 0) is 4.79 Å². The third-order valence-corrected chi connectivity index (χ3v) is 5.09. The fourth-order valence-corrected chi connectivity index (χ4v) is 3.57. The third kappa shape index (κ3) is 4.14. The second kappa shape index (κ2) is 8.19. The molecule has 0 saturated carbocycles. The van der Waals surface area contributed by atoms with Crippen LogP contribution in [0.5, 0.6) is 0 Å². The summed E-state index contributed by atoms with van der Waals surface area (Å²) in [5.74, 6) is 1.07. The molecule has 1 aromatic heterocycles. The van der Waals surface area contributed by atoms with E-state index in [9.17, 15) is 4.79 Å². The van der Waals surface area contributed by atoms with Crippen molar-refractivity contribution < 1.29 is 4.79 Å². The number of carbonyl (C=O) groups is 1. The van der Waals surface area contributed by atoms with Gasteiger partial charge >= 0.3 is 0 Å². The van der Waals surface area contributed by atoms with Crippen LogP contribution in [0.15, 0.2) is 59.8 Å². The van der Waals surface area contributed by atoms with Gasteiger partial charge in [-0.2, -0.15) is 0 Å². The van der Waals surface area contributed by atoms with E-state index in [0.717, 1.165) is 27.8 Å². The molecule has 1 amide bonds. The van der Waals surface area contributed by atoms with E-state index >= 15 is 0 Å². The Kier molecular flexibility index (Phi) is 5.73. The summed E-state index contributed by atoms with van der Waals surface area (Å²) >= 11 is 1.39. The van der Waals surface area contributed by atoms with Gasteiger partial charge in [0.2, 0.25) is 5.91 Å². The van der Waals surface area contributed by atoms with Gasteiger partial charge in [0, 0.05) is 0 Å². The summed E-state index contributed by atoms with van der Waals surface area (Å²) in [7, 11) is 0. The van der Waals surface area contributed by atoms with Crippen molar-refractivity contribution in [1.82, 2.24) is 20.1 Å². The Balaban J connectivity index is 1.67. The van der Waals surface area contributed by atoms with Gasteiger partial charge in [0.25, 0.3) is 0 Å². The summed E-state index contributed by atoms with van der Waals surface area (Å²) in [4.78, 5) is 12.3. The molecule has 6 heteroatoms. The summed E-state index contributed by atoms with van der Waals surface area (Å²) in [5.41, 5.74) is 3.26. The zero-order valence-corrected chi connectivity index (χ0v) is 16.0. The van der Waals surface area contributed by atoms with Crippen LogP contribution in [0.4, 0.5) is 0 Å². The number of hydrogen-bond acceptors (Lipinski definition) is 4. The lowest BCUT2D eigenvalue weighted by atomic mass is 10.1. The summed E-state index contributed by atoms with van der Waals surface area (Å²) in [6.45, 7) is 5.95. The molecule has 0 saturated heterocycles. The van der Waals surface area contributed by atoms with Crippen LogP contribution in [0, 0.1) is 13.8 Å². The fourth-order valence-electron chi connectivity index (χ4n) is 2.77. The Bertz CT molecular complexity index is 892. The number of rotatable bonds is 6. The zero-order valence-electron chi connectivity index (χ0n) is 15.1. The molecule has 0 radical (unpaired) electrons. The summed E-state index contributed by atoms with van der Waals surface area (Å²) in [6, 6.07) is 18.0. The number of amides is 1. The minimum Gasteiger partial charge on any atom is -0.349 e. The number of carbonyl (C=O) groups excluding carboxylic acids is 1. The van der Waals surface area contributed by atoms with E-state index in [2.05, 4.69) is 28.5 Å². The maximum absolute atomic E-state index is 12.3. The fraction of sp³-hybridized carbons (Fsp3) is 0.250. The highest BCUT2D eigenvalue weighted by Crippen LogP contribution is 2.24. The van der Waals surface area contributed by atoms with Gasteiger partial charge in [0.05, 0.1) is 17.5 Å². The van der Waals surface area contributed by atoms with E-state index in [0.29, 0.717) is 5.75 Å². The van der Waals surface area contributed by atoms with Crippen molar-refractivity contribution in [2.45, 2.75) is 32.0 Å².